The molecule has 0 aliphatic carbocycles. The highest BCUT2D eigenvalue weighted by atomic mass is 19.1. The summed E-state index contributed by atoms with van der Waals surface area (Å²) < 4.78 is 23.3. The Hall–Kier alpha value is -1.57. The first-order valence-corrected chi connectivity index (χ1v) is 5.73. The third kappa shape index (κ3) is 5.29. The first-order chi connectivity index (χ1) is 9.06. The summed E-state index contributed by atoms with van der Waals surface area (Å²) in [6, 6.07) is 3.50. The van der Waals surface area contributed by atoms with Crippen molar-refractivity contribution in [2.75, 3.05) is 27.4 Å². The number of nitro benzene ring substituents is 1. The lowest BCUT2D eigenvalue weighted by molar-refractivity contribution is -0.385. The molecule has 0 spiro atoms. The van der Waals surface area contributed by atoms with Crippen molar-refractivity contribution in [3.63, 3.8) is 0 Å². The van der Waals surface area contributed by atoms with E-state index in [4.69, 9.17) is 9.47 Å². The highest BCUT2D eigenvalue weighted by Crippen LogP contribution is 2.16. The Morgan fingerprint density at radius 3 is 2.74 bits per heavy atom. The zero-order chi connectivity index (χ0) is 14.3. The average Bonchev–Trinajstić information content (AvgIpc) is 2.37. The number of nitrogens with one attached hydrogen (secondary N) is 1. The van der Waals surface area contributed by atoms with E-state index in [2.05, 4.69) is 5.32 Å². The van der Waals surface area contributed by atoms with Crippen LogP contribution < -0.4 is 5.32 Å². The number of nitro groups is 1. The molecule has 0 aliphatic rings. The molecule has 0 aliphatic heterocycles. The fourth-order valence-electron chi connectivity index (χ4n) is 1.61. The first-order valence-electron chi connectivity index (χ1n) is 5.73. The highest BCUT2D eigenvalue weighted by molar-refractivity contribution is 5.35. The molecule has 1 aromatic carbocycles. The van der Waals surface area contributed by atoms with Crippen LogP contribution in [0.3, 0.4) is 0 Å². The molecule has 1 N–H and O–H groups in total. The number of halogens is 1. The van der Waals surface area contributed by atoms with Crippen molar-refractivity contribution in [1.29, 1.82) is 0 Å². The molecule has 0 bridgehead atoms. The van der Waals surface area contributed by atoms with E-state index in [1.807, 2.05) is 0 Å². The number of ether oxygens (including phenoxy) is 2. The summed E-state index contributed by atoms with van der Waals surface area (Å²) in [5.74, 6) is -0.619. The zero-order valence-electron chi connectivity index (χ0n) is 10.9. The second-order valence-corrected chi connectivity index (χ2v) is 4.02. The van der Waals surface area contributed by atoms with Crippen LogP contribution in [0, 0.1) is 15.9 Å². The summed E-state index contributed by atoms with van der Waals surface area (Å²) in [5, 5.41) is 13.6. The Morgan fingerprint density at radius 1 is 1.42 bits per heavy atom. The first kappa shape index (κ1) is 15.5. The summed E-state index contributed by atoms with van der Waals surface area (Å²) in [5.41, 5.74) is 0.260. The summed E-state index contributed by atoms with van der Waals surface area (Å²) >= 11 is 0. The fraction of sp³-hybridized carbons (Fsp3) is 0.500. The van der Waals surface area contributed by atoms with Gasteiger partial charge < -0.3 is 14.8 Å². The van der Waals surface area contributed by atoms with E-state index >= 15 is 0 Å². The largest absolute Gasteiger partial charge is 0.382 e. The maximum Gasteiger partial charge on any atom is 0.272 e. The van der Waals surface area contributed by atoms with Crippen molar-refractivity contribution in [1.82, 2.24) is 5.32 Å². The number of benzene rings is 1. The lowest BCUT2D eigenvalue weighted by Gasteiger charge is -2.15. The second kappa shape index (κ2) is 7.78. The van der Waals surface area contributed by atoms with Crippen LogP contribution in [0.1, 0.15) is 5.56 Å². The van der Waals surface area contributed by atoms with Crippen LogP contribution in [0.2, 0.25) is 0 Å². The molecule has 0 saturated heterocycles. The molecule has 6 nitrogen and oxygen atoms in total. The van der Waals surface area contributed by atoms with E-state index in [-0.39, 0.29) is 11.8 Å². The van der Waals surface area contributed by atoms with Gasteiger partial charge in [0, 0.05) is 33.4 Å². The van der Waals surface area contributed by atoms with Gasteiger partial charge in [-0.1, -0.05) is 0 Å². The molecular weight excluding hydrogens is 255 g/mol. The maximum absolute atomic E-state index is 13.2. The number of hydrogen-bond donors (Lipinski definition) is 1. The quantitative estimate of drug-likeness (QED) is 0.573. The third-order valence-electron chi connectivity index (χ3n) is 2.54. The molecule has 1 rings (SSSR count). The molecule has 1 atom stereocenters. The predicted molar refractivity (Wildman–Crippen MR) is 67.4 cm³/mol. The van der Waals surface area contributed by atoms with E-state index in [1.165, 1.54) is 12.1 Å². The van der Waals surface area contributed by atoms with Gasteiger partial charge in [-0.15, -0.1) is 0 Å². The SMILES string of the molecule is COCC(CNCc1cc(F)cc([N+](=O)[O-])c1)OC. The summed E-state index contributed by atoms with van der Waals surface area (Å²) in [6.45, 7) is 1.27. The van der Waals surface area contributed by atoms with Gasteiger partial charge in [0.2, 0.25) is 0 Å². The molecule has 0 fully saturated rings. The van der Waals surface area contributed by atoms with Crippen LogP contribution in [0.5, 0.6) is 0 Å². The maximum atomic E-state index is 13.2. The van der Waals surface area contributed by atoms with Gasteiger partial charge >= 0.3 is 0 Å². The summed E-state index contributed by atoms with van der Waals surface area (Å²) in [4.78, 5) is 9.99. The molecule has 1 aromatic rings. The molecule has 7 heteroatoms. The van der Waals surface area contributed by atoms with Crippen LogP contribution >= 0.6 is 0 Å². The Kier molecular flexibility index (Phi) is 6.34. The van der Waals surface area contributed by atoms with Gasteiger partial charge in [-0.2, -0.15) is 0 Å². The van der Waals surface area contributed by atoms with Gasteiger partial charge in [-0.3, -0.25) is 10.1 Å². The van der Waals surface area contributed by atoms with Crippen molar-refractivity contribution < 1.29 is 18.8 Å². The monoisotopic (exact) mass is 272 g/mol. The van der Waals surface area contributed by atoms with E-state index in [9.17, 15) is 14.5 Å². The van der Waals surface area contributed by atoms with E-state index in [0.717, 1.165) is 6.07 Å². The van der Waals surface area contributed by atoms with Crippen molar-refractivity contribution in [3.05, 3.63) is 39.7 Å². The lowest BCUT2D eigenvalue weighted by Crippen LogP contribution is -2.31. The fourth-order valence-corrected chi connectivity index (χ4v) is 1.61. The van der Waals surface area contributed by atoms with Crippen molar-refractivity contribution in [2.24, 2.45) is 0 Å². The standard InChI is InChI=1S/C12H17FN2O4/c1-18-8-12(19-2)7-14-6-9-3-10(13)5-11(4-9)15(16)17/h3-5,12,14H,6-8H2,1-2H3. The predicted octanol–water partition coefficient (Wildman–Crippen LogP) is 1.48. The molecule has 0 saturated carbocycles. The molecule has 19 heavy (non-hydrogen) atoms. The third-order valence-corrected chi connectivity index (χ3v) is 2.54. The van der Waals surface area contributed by atoms with Crippen LogP contribution in [-0.2, 0) is 16.0 Å². The number of hydrogen-bond acceptors (Lipinski definition) is 5. The van der Waals surface area contributed by atoms with Crippen molar-refractivity contribution >= 4 is 5.69 Å². The van der Waals surface area contributed by atoms with Gasteiger partial charge in [0.15, 0.2) is 0 Å². The number of rotatable bonds is 8. The second-order valence-electron chi connectivity index (χ2n) is 4.02. The summed E-state index contributed by atoms with van der Waals surface area (Å²) in [6.07, 6.45) is -0.117. The van der Waals surface area contributed by atoms with E-state index in [0.29, 0.717) is 25.3 Å². The van der Waals surface area contributed by atoms with Gasteiger partial charge in [-0.05, 0) is 11.6 Å². The van der Waals surface area contributed by atoms with Crippen molar-refractivity contribution in [2.45, 2.75) is 12.6 Å². The smallest absolute Gasteiger partial charge is 0.272 e. The topological polar surface area (TPSA) is 73.6 Å². The van der Waals surface area contributed by atoms with Gasteiger partial charge in [0.25, 0.3) is 5.69 Å². The minimum atomic E-state index is -0.619. The Labute approximate surface area is 110 Å². The van der Waals surface area contributed by atoms with Crippen LogP contribution in [0.15, 0.2) is 18.2 Å². The molecule has 0 amide bonds. The Balaban J connectivity index is 2.55. The van der Waals surface area contributed by atoms with Gasteiger partial charge in [0.1, 0.15) is 5.82 Å². The van der Waals surface area contributed by atoms with E-state index < -0.39 is 10.7 Å². The number of nitrogens with zero attached hydrogens (tertiary/aromatic N) is 1. The molecule has 0 aromatic heterocycles. The average molecular weight is 272 g/mol. The van der Waals surface area contributed by atoms with Gasteiger partial charge in [0.05, 0.1) is 23.7 Å². The molecule has 0 heterocycles. The van der Waals surface area contributed by atoms with Crippen LogP contribution in [-0.4, -0.2) is 38.4 Å². The Bertz CT molecular complexity index is 428. The number of non-ortho nitro benzene ring substituents is 1. The molecule has 1 unspecified atom stereocenters. The minimum Gasteiger partial charge on any atom is -0.382 e. The summed E-state index contributed by atoms with van der Waals surface area (Å²) in [7, 11) is 3.14. The Morgan fingerprint density at radius 2 is 2.16 bits per heavy atom. The van der Waals surface area contributed by atoms with Crippen LogP contribution in [0.25, 0.3) is 0 Å². The van der Waals surface area contributed by atoms with Crippen LogP contribution in [0.4, 0.5) is 10.1 Å². The zero-order valence-corrected chi connectivity index (χ0v) is 10.9. The number of methoxy groups -OCH3 is 2. The van der Waals surface area contributed by atoms with Crippen molar-refractivity contribution in [3.8, 4) is 0 Å². The normalized spacial score (nSPS) is 12.4. The molecule has 0 radical (unpaired) electrons. The van der Waals surface area contributed by atoms with Gasteiger partial charge in [-0.25, -0.2) is 4.39 Å². The molecular formula is C12H17FN2O4. The lowest BCUT2D eigenvalue weighted by atomic mass is 10.2. The minimum absolute atomic E-state index is 0.117. The highest BCUT2D eigenvalue weighted by Gasteiger charge is 2.10. The molecule has 106 valence electrons. The van der Waals surface area contributed by atoms with E-state index in [1.54, 1.807) is 14.2 Å².